The summed E-state index contributed by atoms with van der Waals surface area (Å²) in [5.74, 6) is 1.32. The third-order valence-electron chi connectivity index (χ3n) is 9.70. The van der Waals surface area contributed by atoms with Gasteiger partial charge in [0.1, 0.15) is 17.1 Å². The van der Waals surface area contributed by atoms with Crippen LogP contribution in [0.5, 0.6) is 0 Å². The maximum absolute atomic E-state index is 13.5. The van der Waals surface area contributed by atoms with Gasteiger partial charge < -0.3 is 9.15 Å². The van der Waals surface area contributed by atoms with E-state index in [9.17, 15) is 19.2 Å². The summed E-state index contributed by atoms with van der Waals surface area (Å²) >= 11 is 0. The van der Waals surface area contributed by atoms with Crippen molar-refractivity contribution in [2.45, 2.75) is 50.9 Å². The molecule has 8 rings (SSSR count). The number of nitrogens with zero attached hydrogens (tertiary/aromatic N) is 1. The number of anilines is 1. The van der Waals surface area contributed by atoms with Gasteiger partial charge in [-0.25, -0.2) is 14.5 Å². The lowest BCUT2D eigenvalue weighted by Gasteiger charge is -2.57. The number of carbonyl (C=O) groups excluding carboxylic acids is 4. The van der Waals surface area contributed by atoms with E-state index in [1.54, 1.807) is 30.3 Å². The summed E-state index contributed by atoms with van der Waals surface area (Å²) in [6.45, 7) is 1.85. The normalized spacial score (nSPS) is 27.5. The highest BCUT2D eigenvalue weighted by atomic mass is 16.5. The summed E-state index contributed by atoms with van der Waals surface area (Å²) < 4.78 is 10.7. The lowest BCUT2D eigenvalue weighted by molar-refractivity contribution is -0.122. The number of aryl methyl sites for hydroxylation is 1. The molecule has 2 heterocycles. The topological polar surface area (TPSA) is 106 Å². The number of hydrogen-bond donors (Lipinski definition) is 1. The van der Waals surface area contributed by atoms with E-state index in [1.165, 1.54) is 57.3 Å². The Labute approximate surface area is 243 Å². The number of ether oxygens (including phenoxy) is 1. The number of furan rings is 1. The molecule has 5 fully saturated rings. The number of benzene rings is 2. The molecule has 0 atom stereocenters. The second-order valence-electron chi connectivity index (χ2n) is 12.4. The first kappa shape index (κ1) is 26.4. The van der Waals surface area contributed by atoms with Gasteiger partial charge >= 0.3 is 12.0 Å². The van der Waals surface area contributed by atoms with Crippen LogP contribution in [0, 0.1) is 24.7 Å². The number of barbiturate groups is 1. The Morgan fingerprint density at radius 3 is 2.24 bits per heavy atom. The highest BCUT2D eigenvalue weighted by Gasteiger charge is 2.51. The molecular formula is C34H32N2O6. The van der Waals surface area contributed by atoms with Crippen LogP contribution in [0.25, 0.3) is 17.4 Å². The van der Waals surface area contributed by atoms with Crippen LogP contribution in [0.15, 0.2) is 64.6 Å². The average molecular weight is 565 g/mol. The number of urea groups is 1. The molecule has 1 aromatic heterocycles. The molecule has 0 radical (unpaired) electrons. The molecule has 8 heteroatoms. The van der Waals surface area contributed by atoms with Crippen molar-refractivity contribution in [2.75, 3.05) is 12.0 Å². The lowest BCUT2D eigenvalue weighted by atomic mass is 9.48. The highest BCUT2D eigenvalue weighted by Crippen LogP contribution is 2.60. The van der Waals surface area contributed by atoms with E-state index in [0.29, 0.717) is 17.0 Å². The molecule has 0 spiro atoms. The first-order chi connectivity index (χ1) is 20.2. The lowest BCUT2D eigenvalue weighted by Crippen LogP contribution is -2.54. The van der Waals surface area contributed by atoms with Gasteiger partial charge in [0.15, 0.2) is 0 Å². The summed E-state index contributed by atoms with van der Waals surface area (Å²) in [5, 5.41) is 2.30. The predicted molar refractivity (Wildman–Crippen MR) is 156 cm³/mol. The first-order valence-electron chi connectivity index (χ1n) is 14.5. The van der Waals surface area contributed by atoms with Gasteiger partial charge in [0, 0.05) is 5.56 Å². The van der Waals surface area contributed by atoms with Crippen LogP contribution in [0.1, 0.15) is 65.8 Å². The fraction of sp³-hybridized carbons (Fsp3) is 0.353. The Morgan fingerprint density at radius 2 is 1.62 bits per heavy atom. The number of methoxy groups -OCH3 is 1. The van der Waals surface area contributed by atoms with Crippen LogP contribution in [-0.2, 0) is 19.7 Å². The SMILES string of the molecule is COC(=O)c1ccc(-c2ccc(/C=C3\C(=O)NC(=O)N(c4ccc(C56CC7CC(CC(C7)C5)C6)cc4)C3=O)o2)c(C)c1. The summed E-state index contributed by atoms with van der Waals surface area (Å²) in [5.41, 5.74) is 3.70. The van der Waals surface area contributed by atoms with E-state index in [1.807, 2.05) is 19.1 Å². The van der Waals surface area contributed by atoms with Crippen LogP contribution < -0.4 is 10.2 Å². The maximum Gasteiger partial charge on any atom is 0.337 e. The van der Waals surface area contributed by atoms with Crippen molar-refractivity contribution in [3.05, 3.63) is 82.6 Å². The second kappa shape index (κ2) is 9.82. The van der Waals surface area contributed by atoms with Crippen LogP contribution in [0.3, 0.4) is 0 Å². The monoisotopic (exact) mass is 564 g/mol. The standard InChI is InChI=1S/C34H32N2O6/c1-19-11-23(32(39)41-2)3-9-27(19)29-10-8-26(42-29)15-28-30(37)35-33(40)36(31(28)38)25-6-4-24(5-7-25)34-16-20-12-21(17-34)14-22(13-20)18-34/h3-11,15,20-22H,12-14,16-18H2,1-2H3,(H,35,37,40)/b28-15+. The number of amides is 4. The molecule has 1 saturated heterocycles. The van der Waals surface area contributed by atoms with Crippen molar-refractivity contribution in [2.24, 2.45) is 17.8 Å². The number of esters is 1. The highest BCUT2D eigenvalue weighted by molar-refractivity contribution is 6.39. The van der Waals surface area contributed by atoms with Crippen molar-refractivity contribution in [3.63, 3.8) is 0 Å². The van der Waals surface area contributed by atoms with Gasteiger partial charge in [-0.2, -0.15) is 0 Å². The minimum Gasteiger partial charge on any atom is -0.465 e. The van der Waals surface area contributed by atoms with Gasteiger partial charge in [-0.05, 0) is 122 Å². The molecule has 4 saturated carbocycles. The van der Waals surface area contributed by atoms with E-state index in [4.69, 9.17) is 9.15 Å². The number of carbonyl (C=O) groups is 4. The fourth-order valence-corrected chi connectivity index (χ4v) is 8.22. The Hall–Kier alpha value is -4.46. The Kier molecular flexibility index (Phi) is 6.18. The summed E-state index contributed by atoms with van der Waals surface area (Å²) in [6, 6.07) is 15.5. The van der Waals surface area contributed by atoms with Gasteiger partial charge in [-0.15, -0.1) is 0 Å². The number of imide groups is 2. The molecule has 4 aliphatic carbocycles. The largest absolute Gasteiger partial charge is 0.465 e. The van der Waals surface area contributed by atoms with E-state index in [-0.39, 0.29) is 16.7 Å². The Morgan fingerprint density at radius 1 is 0.952 bits per heavy atom. The summed E-state index contributed by atoms with van der Waals surface area (Å²) in [7, 11) is 1.33. The number of hydrogen-bond acceptors (Lipinski definition) is 6. The van der Waals surface area contributed by atoms with Gasteiger partial charge in [-0.1, -0.05) is 18.2 Å². The molecule has 214 valence electrons. The predicted octanol–water partition coefficient (Wildman–Crippen LogP) is 6.18. The van der Waals surface area contributed by atoms with E-state index in [0.717, 1.165) is 33.8 Å². The number of nitrogens with one attached hydrogen (secondary N) is 1. The smallest absolute Gasteiger partial charge is 0.337 e. The van der Waals surface area contributed by atoms with E-state index < -0.39 is 23.8 Å². The molecular weight excluding hydrogens is 532 g/mol. The molecule has 4 amide bonds. The number of rotatable bonds is 5. The Balaban J connectivity index is 1.13. The van der Waals surface area contributed by atoms with Crippen molar-refractivity contribution in [1.29, 1.82) is 0 Å². The molecule has 42 heavy (non-hydrogen) atoms. The van der Waals surface area contributed by atoms with Crippen LogP contribution >= 0.6 is 0 Å². The molecule has 8 nitrogen and oxygen atoms in total. The van der Waals surface area contributed by atoms with Gasteiger partial charge in [0.25, 0.3) is 11.8 Å². The molecule has 2 aromatic carbocycles. The molecule has 1 N–H and O–H groups in total. The summed E-state index contributed by atoms with van der Waals surface area (Å²) in [4.78, 5) is 51.9. The second-order valence-corrected chi connectivity index (χ2v) is 12.4. The van der Waals surface area contributed by atoms with Crippen LogP contribution in [0.4, 0.5) is 10.5 Å². The van der Waals surface area contributed by atoms with Gasteiger partial charge in [-0.3, -0.25) is 14.9 Å². The van der Waals surface area contributed by atoms with Crippen molar-refractivity contribution in [3.8, 4) is 11.3 Å². The molecule has 4 bridgehead atoms. The van der Waals surface area contributed by atoms with Crippen LogP contribution in [0.2, 0.25) is 0 Å². The third kappa shape index (κ3) is 4.37. The van der Waals surface area contributed by atoms with Gasteiger partial charge in [0.05, 0.1) is 18.4 Å². The van der Waals surface area contributed by atoms with Crippen LogP contribution in [-0.4, -0.2) is 30.9 Å². The van der Waals surface area contributed by atoms with Crippen molar-refractivity contribution in [1.82, 2.24) is 5.32 Å². The minimum atomic E-state index is -0.775. The fourth-order valence-electron chi connectivity index (χ4n) is 8.22. The third-order valence-corrected chi connectivity index (χ3v) is 9.70. The maximum atomic E-state index is 13.5. The van der Waals surface area contributed by atoms with Gasteiger partial charge in [0.2, 0.25) is 0 Å². The zero-order valence-corrected chi connectivity index (χ0v) is 23.6. The zero-order chi connectivity index (χ0) is 29.2. The van der Waals surface area contributed by atoms with Crippen molar-refractivity contribution >= 4 is 35.6 Å². The van der Waals surface area contributed by atoms with Crippen molar-refractivity contribution < 1.29 is 28.3 Å². The Bertz CT molecular complexity index is 1630. The van der Waals surface area contributed by atoms with E-state index in [2.05, 4.69) is 17.4 Å². The zero-order valence-electron chi connectivity index (χ0n) is 23.6. The minimum absolute atomic E-state index is 0.196. The molecule has 1 aliphatic heterocycles. The molecule has 3 aromatic rings. The average Bonchev–Trinajstić information content (AvgIpc) is 3.42. The van der Waals surface area contributed by atoms with E-state index >= 15 is 0 Å². The summed E-state index contributed by atoms with van der Waals surface area (Å²) in [6.07, 6.45) is 9.11. The quantitative estimate of drug-likeness (QED) is 0.226. The molecule has 0 unspecified atom stereocenters. The molecule has 5 aliphatic rings. The first-order valence-corrected chi connectivity index (χ1v) is 14.5.